The van der Waals surface area contributed by atoms with Crippen LogP contribution < -0.4 is 0 Å². The molecule has 0 spiro atoms. The van der Waals surface area contributed by atoms with Gasteiger partial charge in [0.25, 0.3) is 5.91 Å². The highest BCUT2D eigenvalue weighted by Gasteiger charge is 2.26. The summed E-state index contributed by atoms with van der Waals surface area (Å²) in [6, 6.07) is 5.73. The Morgan fingerprint density at radius 1 is 1.45 bits per heavy atom. The number of carbonyl (C=O) groups excluding carboxylic acids is 1. The fourth-order valence-electron chi connectivity index (χ4n) is 2.65. The number of hydrogen-bond donors (Lipinski definition) is 1. The number of hydrogen-bond acceptors (Lipinski definition) is 2. The molecule has 2 rings (SSSR count). The van der Waals surface area contributed by atoms with Crippen molar-refractivity contribution in [2.75, 3.05) is 13.1 Å². The van der Waals surface area contributed by atoms with E-state index in [0.29, 0.717) is 6.54 Å². The van der Waals surface area contributed by atoms with E-state index in [-0.39, 0.29) is 18.2 Å². The van der Waals surface area contributed by atoms with Crippen LogP contribution in [0.3, 0.4) is 0 Å². The van der Waals surface area contributed by atoms with Crippen LogP contribution in [0, 0.1) is 16.4 Å². The van der Waals surface area contributed by atoms with Crippen molar-refractivity contribution in [3.63, 3.8) is 0 Å². The molecule has 1 fully saturated rings. The lowest BCUT2D eigenvalue weighted by Gasteiger charge is -2.32. The molecule has 20 heavy (non-hydrogen) atoms. The smallest absolute Gasteiger partial charge is 0.303 e. The lowest BCUT2D eigenvalue weighted by molar-refractivity contribution is -0.138. The normalized spacial score (nSPS) is 18.9. The number of aliphatic carboxylic acids is 1. The number of benzene rings is 1. The summed E-state index contributed by atoms with van der Waals surface area (Å²) >= 11 is 2.20. The summed E-state index contributed by atoms with van der Waals surface area (Å²) in [5.74, 6) is -0.685. The average Bonchev–Trinajstić information content (AvgIpc) is 2.41. The number of carbonyl (C=O) groups is 2. The Morgan fingerprint density at radius 2 is 2.20 bits per heavy atom. The molecule has 4 nitrogen and oxygen atoms in total. The van der Waals surface area contributed by atoms with Crippen molar-refractivity contribution in [3.05, 3.63) is 32.9 Å². The van der Waals surface area contributed by atoms with Crippen LogP contribution in [0.4, 0.5) is 0 Å². The van der Waals surface area contributed by atoms with E-state index >= 15 is 0 Å². The molecule has 1 saturated heterocycles. The summed E-state index contributed by atoms with van der Waals surface area (Å²) in [4.78, 5) is 25.2. The molecule has 0 saturated carbocycles. The monoisotopic (exact) mass is 387 g/mol. The van der Waals surface area contributed by atoms with Crippen molar-refractivity contribution in [2.45, 2.75) is 26.2 Å². The third kappa shape index (κ3) is 3.50. The molecule has 5 heteroatoms. The van der Waals surface area contributed by atoms with Gasteiger partial charge in [0.05, 0.1) is 5.56 Å². The third-order valence-electron chi connectivity index (χ3n) is 3.69. The van der Waals surface area contributed by atoms with Crippen molar-refractivity contribution in [1.29, 1.82) is 0 Å². The van der Waals surface area contributed by atoms with Gasteiger partial charge >= 0.3 is 5.97 Å². The minimum atomic E-state index is -0.783. The summed E-state index contributed by atoms with van der Waals surface area (Å²) in [6.45, 7) is 3.26. The van der Waals surface area contributed by atoms with Gasteiger partial charge < -0.3 is 10.0 Å². The Hall–Kier alpha value is -1.11. The van der Waals surface area contributed by atoms with Crippen LogP contribution in [-0.4, -0.2) is 35.0 Å². The lowest BCUT2D eigenvalue weighted by Crippen LogP contribution is -2.40. The first kappa shape index (κ1) is 15.3. The van der Waals surface area contributed by atoms with E-state index < -0.39 is 5.97 Å². The van der Waals surface area contributed by atoms with Gasteiger partial charge in [0.1, 0.15) is 0 Å². The molecule has 1 N–H and O–H groups in total. The predicted molar refractivity (Wildman–Crippen MR) is 84.8 cm³/mol. The number of aryl methyl sites for hydroxylation is 1. The number of nitrogens with zero attached hydrogens (tertiary/aromatic N) is 1. The number of likely N-dealkylation sites (tertiary alicyclic amines) is 1. The fraction of sp³-hybridized carbons (Fsp3) is 0.467. The maximum absolute atomic E-state index is 12.6. The highest BCUT2D eigenvalue weighted by Crippen LogP contribution is 2.24. The van der Waals surface area contributed by atoms with Crippen LogP contribution in [0.5, 0.6) is 0 Å². The van der Waals surface area contributed by atoms with Gasteiger partial charge in [-0.25, -0.2) is 0 Å². The summed E-state index contributed by atoms with van der Waals surface area (Å²) in [5.41, 5.74) is 1.82. The molecule has 0 radical (unpaired) electrons. The summed E-state index contributed by atoms with van der Waals surface area (Å²) in [6.07, 6.45) is 1.92. The summed E-state index contributed by atoms with van der Waals surface area (Å²) in [7, 11) is 0. The van der Waals surface area contributed by atoms with E-state index in [1.165, 1.54) is 0 Å². The number of rotatable bonds is 3. The number of amides is 1. The maximum Gasteiger partial charge on any atom is 0.303 e. The molecule has 0 aliphatic carbocycles. The molecule has 1 heterocycles. The number of piperidine rings is 1. The van der Waals surface area contributed by atoms with Gasteiger partial charge in [-0.3, -0.25) is 9.59 Å². The maximum atomic E-state index is 12.6. The van der Waals surface area contributed by atoms with Gasteiger partial charge in [-0.05, 0) is 59.9 Å². The topological polar surface area (TPSA) is 57.6 Å². The van der Waals surface area contributed by atoms with Crippen LogP contribution >= 0.6 is 22.6 Å². The van der Waals surface area contributed by atoms with Gasteiger partial charge in [-0.1, -0.05) is 12.1 Å². The zero-order chi connectivity index (χ0) is 14.7. The van der Waals surface area contributed by atoms with Gasteiger partial charge in [-0.15, -0.1) is 0 Å². The first-order chi connectivity index (χ1) is 9.49. The molecule has 1 atom stereocenters. The van der Waals surface area contributed by atoms with Crippen LogP contribution in [-0.2, 0) is 4.79 Å². The van der Waals surface area contributed by atoms with Gasteiger partial charge in [0.2, 0.25) is 0 Å². The van der Waals surface area contributed by atoms with Crippen molar-refractivity contribution < 1.29 is 14.7 Å². The van der Waals surface area contributed by atoms with Crippen LogP contribution in [0.2, 0.25) is 0 Å². The van der Waals surface area contributed by atoms with E-state index in [1.54, 1.807) is 4.90 Å². The molecule has 1 amide bonds. The number of carboxylic acids is 1. The van der Waals surface area contributed by atoms with E-state index in [4.69, 9.17) is 5.11 Å². The van der Waals surface area contributed by atoms with Gasteiger partial charge in [0.15, 0.2) is 0 Å². The Kier molecular flexibility index (Phi) is 5.01. The summed E-state index contributed by atoms with van der Waals surface area (Å²) in [5, 5.41) is 8.88. The van der Waals surface area contributed by atoms with Crippen molar-refractivity contribution in [2.24, 2.45) is 5.92 Å². The lowest BCUT2D eigenvalue weighted by atomic mass is 9.94. The summed E-state index contributed by atoms with van der Waals surface area (Å²) < 4.78 is 0.982. The second-order valence-electron chi connectivity index (χ2n) is 5.29. The van der Waals surface area contributed by atoms with Crippen molar-refractivity contribution in [3.8, 4) is 0 Å². The molecule has 1 unspecified atom stereocenters. The van der Waals surface area contributed by atoms with Crippen molar-refractivity contribution >= 4 is 34.5 Å². The second-order valence-corrected chi connectivity index (χ2v) is 6.37. The zero-order valence-corrected chi connectivity index (χ0v) is 13.6. The molecule has 1 aliphatic heterocycles. The Balaban J connectivity index is 2.12. The molecule has 1 aromatic rings. The van der Waals surface area contributed by atoms with Crippen LogP contribution in [0.15, 0.2) is 18.2 Å². The van der Waals surface area contributed by atoms with Gasteiger partial charge in [-0.2, -0.15) is 0 Å². The zero-order valence-electron chi connectivity index (χ0n) is 11.4. The first-order valence-electron chi connectivity index (χ1n) is 6.75. The highest BCUT2D eigenvalue weighted by molar-refractivity contribution is 14.1. The van der Waals surface area contributed by atoms with Gasteiger partial charge in [0, 0.05) is 23.1 Å². The standard InChI is InChI=1S/C15H18INO3/c1-10-4-2-6-12(14(10)16)15(20)17-7-3-5-11(9-17)8-13(18)19/h2,4,6,11H,3,5,7-9H2,1H3,(H,18,19). The van der Waals surface area contributed by atoms with E-state index in [1.807, 2.05) is 25.1 Å². The SMILES string of the molecule is Cc1cccc(C(=O)N2CCCC(CC(=O)O)C2)c1I. The van der Waals surface area contributed by atoms with E-state index in [0.717, 1.165) is 34.1 Å². The first-order valence-corrected chi connectivity index (χ1v) is 7.83. The Morgan fingerprint density at radius 3 is 2.90 bits per heavy atom. The second kappa shape index (κ2) is 6.56. The minimum absolute atomic E-state index is 0.0215. The Labute approximate surface area is 132 Å². The predicted octanol–water partition coefficient (Wildman–Crippen LogP) is 2.93. The van der Waals surface area contributed by atoms with Crippen LogP contribution in [0.25, 0.3) is 0 Å². The molecular weight excluding hydrogens is 369 g/mol. The molecule has 1 aromatic carbocycles. The largest absolute Gasteiger partial charge is 0.481 e. The average molecular weight is 387 g/mol. The molecular formula is C15H18INO3. The quantitative estimate of drug-likeness (QED) is 0.812. The molecule has 0 aromatic heterocycles. The molecule has 108 valence electrons. The highest BCUT2D eigenvalue weighted by atomic mass is 127. The van der Waals surface area contributed by atoms with E-state index in [9.17, 15) is 9.59 Å². The van der Waals surface area contributed by atoms with Crippen molar-refractivity contribution in [1.82, 2.24) is 4.90 Å². The molecule has 1 aliphatic rings. The third-order valence-corrected chi connectivity index (χ3v) is 5.12. The fourth-order valence-corrected chi connectivity index (χ4v) is 3.24. The number of halogens is 1. The minimum Gasteiger partial charge on any atom is -0.481 e. The van der Waals surface area contributed by atoms with E-state index in [2.05, 4.69) is 22.6 Å². The molecule has 0 bridgehead atoms. The Bertz CT molecular complexity index is 530. The number of carboxylic acid groups (broad SMARTS) is 1. The van der Waals surface area contributed by atoms with Crippen LogP contribution in [0.1, 0.15) is 35.2 Å².